The fraction of sp³-hybridized carbons (Fsp3) is 0.765. The van der Waals surface area contributed by atoms with E-state index in [1.165, 1.54) is 12.8 Å². The summed E-state index contributed by atoms with van der Waals surface area (Å²) < 4.78 is 5.47. The van der Waals surface area contributed by atoms with Gasteiger partial charge in [0.25, 0.3) is 0 Å². The highest BCUT2D eigenvalue weighted by Crippen LogP contribution is 2.36. The molecule has 1 aromatic heterocycles. The first-order valence-electron chi connectivity index (χ1n) is 8.86. The number of aliphatic hydroxyl groups is 1. The van der Waals surface area contributed by atoms with Crippen LogP contribution in [0.4, 0.5) is 5.82 Å². The van der Waals surface area contributed by atoms with E-state index in [9.17, 15) is 5.11 Å². The normalized spacial score (nSPS) is 30.2. The largest absolute Gasteiger partial charge is 0.393 e. The van der Waals surface area contributed by atoms with Crippen LogP contribution in [0.15, 0.2) is 12.4 Å². The SMILES string of the molecule is OC1CC(c2cc(N3CCN(C4CCOCC4)CC3)ncn2)C1. The van der Waals surface area contributed by atoms with Gasteiger partial charge in [-0.05, 0) is 25.7 Å². The van der Waals surface area contributed by atoms with Gasteiger partial charge in [-0.15, -0.1) is 0 Å². The third kappa shape index (κ3) is 3.34. The molecule has 0 spiro atoms. The highest BCUT2D eigenvalue weighted by atomic mass is 16.5. The zero-order chi connectivity index (χ0) is 15.6. The molecule has 0 unspecified atom stereocenters. The van der Waals surface area contributed by atoms with Crippen molar-refractivity contribution in [3.8, 4) is 0 Å². The zero-order valence-electron chi connectivity index (χ0n) is 13.6. The van der Waals surface area contributed by atoms with E-state index in [-0.39, 0.29) is 6.10 Å². The molecule has 0 amide bonds. The second-order valence-corrected chi connectivity index (χ2v) is 6.99. The van der Waals surface area contributed by atoms with Gasteiger partial charge in [0, 0.05) is 63.1 Å². The van der Waals surface area contributed by atoms with E-state index in [4.69, 9.17) is 4.74 Å². The summed E-state index contributed by atoms with van der Waals surface area (Å²) in [6.07, 6.45) is 5.56. The van der Waals surface area contributed by atoms with Crippen LogP contribution in [0.3, 0.4) is 0 Å². The Morgan fingerprint density at radius 3 is 2.48 bits per heavy atom. The number of anilines is 1. The number of hydrogen-bond donors (Lipinski definition) is 1. The highest BCUT2D eigenvalue weighted by Gasteiger charge is 2.31. The van der Waals surface area contributed by atoms with Crippen molar-refractivity contribution in [1.82, 2.24) is 14.9 Å². The van der Waals surface area contributed by atoms with E-state index in [0.717, 1.165) is 63.7 Å². The van der Waals surface area contributed by atoms with E-state index in [1.54, 1.807) is 6.33 Å². The molecule has 1 N–H and O–H groups in total. The fourth-order valence-corrected chi connectivity index (χ4v) is 3.95. The first-order valence-corrected chi connectivity index (χ1v) is 8.86. The van der Waals surface area contributed by atoms with Crippen LogP contribution in [0, 0.1) is 0 Å². The molecule has 1 aromatic rings. The van der Waals surface area contributed by atoms with Gasteiger partial charge in [-0.3, -0.25) is 4.90 Å². The van der Waals surface area contributed by atoms with Crippen molar-refractivity contribution in [3.05, 3.63) is 18.1 Å². The molecule has 2 saturated heterocycles. The Hall–Kier alpha value is -1.24. The fourth-order valence-electron chi connectivity index (χ4n) is 3.95. The number of rotatable bonds is 3. The molecule has 6 nitrogen and oxygen atoms in total. The van der Waals surface area contributed by atoms with Crippen LogP contribution in [0.25, 0.3) is 0 Å². The van der Waals surface area contributed by atoms with E-state index >= 15 is 0 Å². The minimum atomic E-state index is -0.138. The molecule has 0 aromatic carbocycles. The molecular formula is C17H26N4O2. The van der Waals surface area contributed by atoms with E-state index in [0.29, 0.717) is 12.0 Å². The van der Waals surface area contributed by atoms with E-state index in [2.05, 4.69) is 25.8 Å². The molecule has 23 heavy (non-hydrogen) atoms. The zero-order valence-corrected chi connectivity index (χ0v) is 13.6. The summed E-state index contributed by atoms with van der Waals surface area (Å²) in [7, 11) is 0. The predicted octanol–water partition coefficient (Wildman–Crippen LogP) is 1.02. The third-order valence-electron chi connectivity index (χ3n) is 5.55. The highest BCUT2D eigenvalue weighted by molar-refractivity contribution is 5.40. The molecule has 2 aliphatic heterocycles. The van der Waals surface area contributed by atoms with Gasteiger partial charge in [-0.2, -0.15) is 0 Å². The second-order valence-electron chi connectivity index (χ2n) is 6.99. The van der Waals surface area contributed by atoms with Gasteiger partial charge in [0.05, 0.1) is 6.10 Å². The summed E-state index contributed by atoms with van der Waals surface area (Å²) in [5.74, 6) is 1.46. The average Bonchev–Trinajstić information content (AvgIpc) is 2.60. The van der Waals surface area contributed by atoms with Crippen molar-refractivity contribution in [2.75, 3.05) is 44.3 Å². The number of nitrogens with zero attached hydrogens (tertiary/aromatic N) is 4. The molecule has 6 heteroatoms. The van der Waals surface area contributed by atoms with Crippen LogP contribution in [0.5, 0.6) is 0 Å². The predicted molar refractivity (Wildman–Crippen MR) is 87.6 cm³/mol. The molecular weight excluding hydrogens is 292 g/mol. The first kappa shape index (κ1) is 15.3. The van der Waals surface area contributed by atoms with Crippen molar-refractivity contribution >= 4 is 5.82 Å². The lowest BCUT2D eigenvalue weighted by Crippen LogP contribution is -2.51. The molecule has 3 heterocycles. The van der Waals surface area contributed by atoms with Crippen LogP contribution in [0.2, 0.25) is 0 Å². The maximum Gasteiger partial charge on any atom is 0.132 e. The molecule has 0 radical (unpaired) electrons. The number of hydrogen-bond acceptors (Lipinski definition) is 6. The van der Waals surface area contributed by atoms with Gasteiger partial charge in [-0.1, -0.05) is 0 Å². The Labute approximate surface area is 137 Å². The van der Waals surface area contributed by atoms with Gasteiger partial charge < -0.3 is 14.7 Å². The summed E-state index contributed by atoms with van der Waals surface area (Å²) in [4.78, 5) is 13.9. The lowest BCUT2D eigenvalue weighted by molar-refractivity contribution is 0.0321. The molecule has 3 fully saturated rings. The van der Waals surface area contributed by atoms with Crippen LogP contribution >= 0.6 is 0 Å². The Bertz CT molecular complexity index is 521. The maximum absolute atomic E-state index is 9.48. The molecule has 3 aliphatic rings. The van der Waals surface area contributed by atoms with Crippen molar-refractivity contribution in [3.63, 3.8) is 0 Å². The average molecular weight is 318 g/mol. The van der Waals surface area contributed by atoms with Gasteiger partial charge in [0.1, 0.15) is 12.1 Å². The van der Waals surface area contributed by atoms with Gasteiger partial charge in [0.15, 0.2) is 0 Å². The van der Waals surface area contributed by atoms with Crippen LogP contribution in [-0.2, 0) is 4.74 Å². The van der Waals surface area contributed by atoms with E-state index < -0.39 is 0 Å². The van der Waals surface area contributed by atoms with Gasteiger partial charge in [0.2, 0.25) is 0 Å². The Kier molecular flexibility index (Phi) is 4.46. The van der Waals surface area contributed by atoms with Crippen LogP contribution in [-0.4, -0.2) is 71.5 Å². The Morgan fingerprint density at radius 2 is 1.78 bits per heavy atom. The van der Waals surface area contributed by atoms with Gasteiger partial charge >= 0.3 is 0 Å². The van der Waals surface area contributed by atoms with Crippen LogP contribution < -0.4 is 4.90 Å². The minimum absolute atomic E-state index is 0.138. The smallest absolute Gasteiger partial charge is 0.132 e. The molecule has 0 atom stereocenters. The topological polar surface area (TPSA) is 61.7 Å². The van der Waals surface area contributed by atoms with Crippen molar-refractivity contribution < 1.29 is 9.84 Å². The number of piperazine rings is 1. The van der Waals surface area contributed by atoms with Crippen molar-refractivity contribution in [2.45, 2.75) is 43.7 Å². The van der Waals surface area contributed by atoms with Crippen molar-refractivity contribution in [2.24, 2.45) is 0 Å². The molecule has 1 saturated carbocycles. The quantitative estimate of drug-likeness (QED) is 0.898. The van der Waals surface area contributed by atoms with Crippen molar-refractivity contribution in [1.29, 1.82) is 0 Å². The summed E-state index contributed by atoms with van der Waals surface area (Å²) in [5.41, 5.74) is 1.09. The summed E-state index contributed by atoms with van der Waals surface area (Å²) >= 11 is 0. The Morgan fingerprint density at radius 1 is 1.04 bits per heavy atom. The third-order valence-corrected chi connectivity index (χ3v) is 5.55. The minimum Gasteiger partial charge on any atom is -0.393 e. The Balaban J connectivity index is 1.35. The number of ether oxygens (including phenoxy) is 1. The summed E-state index contributed by atoms with van der Waals surface area (Å²) in [6, 6.07) is 2.82. The second kappa shape index (κ2) is 6.71. The van der Waals surface area contributed by atoms with Gasteiger partial charge in [-0.25, -0.2) is 9.97 Å². The molecule has 0 bridgehead atoms. The molecule has 126 valence electrons. The molecule has 1 aliphatic carbocycles. The summed E-state index contributed by atoms with van der Waals surface area (Å²) in [5, 5.41) is 9.48. The standard InChI is InChI=1S/C17H26N4O2/c22-15-9-13(10-15)16-11-17(19-12-18-16)21-5-3-20(4-6-21)14-1-7-23-8-2-14/h11-15,22H,1-10H2. The lowest BCUT2D eigenvalue weighted by Gasteiger charge is -2.41. The van der Waals surface area contributed by atoms with Crippen LogP contribution in [0.1, 0.15) is 37.3 Å². The monoisotopic (exact) mass is 318 g/mol. The van der Waals surface area contributed by atoms with E-state index in [1.807, 2.05) is 0 Å². The lowest BCUT2D eigenvalue weighted by atomic mass is 9.80. The number of aliphatic hydroxyl groups excluding tert-OH is 1. The number of aromatic nitrogens is 2. The maximum atomic E-state index is 9.48. The molecule has 4 rings (SSSR count). The summed E-state index contributed by atoms with van der Waals surface area (Å²) in [6.45, 7) is 6.08. The first-order chi connectivity index (χ1) is 11.3.